The van der Waals surface area contributed by atoms with Crippen molar-refractivity contribution in [2.24, 2.45) is 0 Å². The van der Waals surface area contributed by atoms with Gasteiger partial charge in [-0.25, -0.2) is 0 Å². The van der Waals surface area contributed by atoms with Crippen LogP contribution in [0.1, 0.15) is 24.2 Å². The number of rotatable bonds is 7. The van der Waals surface area contributed by atoms with Gasteiger partial charge in [-0.2, -0.15) is 0 Å². The Labute approximate surface area is 132 Å². The molecule has 0 spiro atoms. The highest BCUT2D eigenvalue weighted by Gasteiger charge is 2.22. The monoisotopic (exact) mass is 303 g/mol. The highest BCUT2D eigenvalue weighted by Crippen LogP contribution is 2.23. The van der Waals surface area contributed by atoms with E-state index < -0.39 is 0 Å². The highest BCUT2D eigenvalue weighted by molar-refractivity contribution is 6.30. The van der Waals surface area contributed by atoms with Gasteiger partial charge in [0.1, 0.15) is 0 Å². The lowest BCUT2D eigenvalue weighted by Crippen LogP contribution is -2.37. The number of hydrogen-bond acceptors (Lipinski definition) is 2. The van der Waals surface area contributed by atoms with Crippen LogP contribution >= 0.6 is 11.6 Å². The van der Waals surface area contributed by atoms with Crippen LogP contribution < -0.4 is 5.32 Å². The Morgan fingerprint density at radius 1 is 1.05 bits per heavy atom. The van der Waals surface area contributed by atoms with E-state index in [1.807, 2.05) is 30.3 Å². The van der Waals surface area contributed by atoms with Gasteiger partial charge in [-0.15, -0.1) is 0 Å². The summed E-state index contributed by atoms with van der Waals surface area (Å²) in [6.45, 7) is 3.03. The molecule has 0 heterocycles. The van der Waals surface area contributed by atoms with Gasteiger partial charge in [-0.1, -0.05) is 61.0 Å². The minimum Gasteiger partial charge on any atom is -0.375 e. The van der Waals surface area contributed by atoms with E-state index in [0.29, 0.717) is 0 Å². The Kier molecular flexibility index (Phi) is 6.24. The molecule has 0 aliphatic heterocycles. The molecule has 2 rings (SSSR count). The van der Waals surface area contributed by atoms with Gasteiger partial charge >= 0.3 is 0 Å². The maximum absolute atomic E-state index is 5.95. The van der Waals surface area contributed by atoms with E-state index in [9.17, 15) is 0 Å². The number of nitrogens with one attached hydrogen (secondary N) is 1. The number of hydrogen-bond donors (Lipinski definition) is 1. The predicted molar refractivity (Wildman–Crippen MR) is 88.8 cm³/mol. The number of ether oxygens (including phenoxy) is 1. The third-order valence-electron chi connectivity index (χ3n) is 3.58. The molecule has 1 N–H and O–H groups in total. The van der Waals surface area contributed by atoms with Crippen molar-refractivity contribution in [2.75, 3.05) is 13.7 Å². The Balaban J connectivity index is 2.18. The van der Waals surface area contributed by atoms with Crippen LogP contribution in [0.5, 0.6) is 0 Å². The topological polar surface area (TPSA) is 21.3 Å². The molecule has 0 fully saturated rings. The molecule has 2 nitrogen and oxygen atoms in total. The zero-order valence-corrected chi connectivity index (χ0v) is 13.3. The van der Waals surface area contributed by atoms with Crippen LogP contribution in [0, 0.1) is 0 Å². The SMILES string of the molecule is CCNC(Cc1ccc(Cl)cc1)C(OC)c1ccccc1. The van der Waals surface area contributed by atoms with Crippen LogP contribution in [-0.2, 0) is 11.2 Å². The van der Waals surface area contributed by atoms with Gasteiger partial charge in [0, 0.05) is 18.2 Å². The quantitative estimate of drug-likeness (QED) is 0.825. The zero-order chi connectivity index (χ0) is 15.1. The standard InChI is InChI=1S/C18H22ClNO/c1-3-20-17(13-14-9-11-16(19)12-10-14)18(21-2)15-7-5-4-6-8-15/h4-12,17-18,20H,3,13H2,1-2H3. The van der Waals surface area contributed by atoms with E-state index in [1.54, 1.807) is 7.11 Å². The molecule has 112 valence electrons. The van der Waals surface area contributed by atoms with Crippen LogP contribution in [0.3, 0.4) is 0 Å². The molecule has 0 radical (unpaired) electrons. The van der Waals surface area contributed by atoms with Crippen LogP contribution in [-0.4, -0.2) is 19.7 Å². The maximum atomic E-state index is 5.95. The first-order valence-electron chi connectivity index (χ1n) is 7.30. The molecule has 2 aromatic carbocycles. The predicted octanol–water partition coefficient (Wildman–Crippen LogP) is 4.25. The van der Waals surface area contributed by atoms with Crippen LogP contribution in [0.4, 0.5) is 0 Å². The molecule has 0 amide bonds. The second-order valence-electron chi connectivity index (χ2n) is 5.06. The molecule has 0 aliphatic rings. The summed E-state index contributed by atoms with van der Waals surface area (Å²) in [5.41, 5.74) is 2.45. The van der Waals surface area contributed by atoms with Gasteiger partial charge < -0.3 is 10.1 Å². The van der Waals surface area contributed by atoms with Crippen molar-refractivity contribution in [3.63, 3.8) is 0 Å². The van der Waals surface area contributed by atoms with Crippen LogP contribution in [0.15, 0.2) is 54.6 Å². The lowest BCUT2D eigenvalue weighted by atomic mass is 9.96. The summed E-state index contributed by atoms with van der Waals surface area (Å²) in [5, 5.41) is 4.31. The summed E-state index contributed by atoms with van der Waals surface area (Å²) < 4.78 is 5.76. The lowest BCUT2D eigenvalue weighted by molar-refractivity contribution is 0.0684. The first-order chi connectivity index (χ1) is 10.2. The van der Waals surface area contributed by atoms with Crippen molar-refractivity contribution in [1.82, 2.24) is 5.32 Å². The summed E-state index contributed by atoms with van der Waals surface area (Å²) in [5.74, 6) is 0. The average Bonchev–Trinajstić information content (AvgIpc) is 2.51. The molecule has 0 saturated carbocycles. The fourth-order valence-corrected chi connectivity index (χ4v) is 2.72. The second-order valence-corrected chi connectivity index (χ2v) is 5.50. The Morgan fingerprint density at radius 2 is 1.71 bits per heavy atom. The van der Waals surface area contributed by atoms with Crippen molar-refractivity contribution < 1.29 is 4.74 Å². The minimum absolute atomic E-state index is 0.0295. The molecule has 0 aliphatic carbocycles. The molecule has 2 atom stereocenters. The van der Waals surface area contributed by atoms with E-state index in [1.165, 1.54) is 11.1 Å². The van der Waals surface area contributed by atoms with Crippen molar-refractivity contribution in [2.45, 2.75) is 25.5 Å². The van der Waals surface area contributed by atoms with E-state index in [0.717, 1.165) is 18.0 Å². The first kappa shape index (κ1) is 16.0. The third-order valence-corrected chi connectivity index (χ3v) is 3.83. The highest BCUT2D eigenvalue weighted by atomic mass is 35.5. The number of benzene rings is 2. The molecule has 0 saturated heterocycles. The third kappa shape index (κ3) is 4.57. The molecular formula is C18H22ClNO. The van der Waals surface area contributed by atoms with Crippen LogP contribution in [0.2, 0.25) is 5.02 Å². The minimum atomic E-state index is 0.0295. The molecule has 2 aromatic rings. The van der Waals surface area contributed by atoms with E-state index in [4.69, 9.17) is 16.3 Å². The normalized spacial score (nSPS) is 13.9. The summed E-state index contributed by atoms with van der Waals surface area (Å²) in [7, 11) is 1.77. The Bertz CT molecular complexity index is 527. The van der Waals surface area contributed by atoms with Crippen molar-refractivity contribution >= 4 is 11.6 Å². The smallest absolute Gasteiger partial charge is 0.0977 e. The Hall–Kier alpha value is -1.35. The fourth-order valence-electron chi connectivity index (χ4n) is 2.60. The maximum Gasteiger partial charge on any atom is 0.0977 e. The molecule has 2 unspecified atom stereocenters. The van der Waals surface area contributed by atoms with E-state index in [2.05, 4.69) is 36.5 Å². The lowest BCUT2D eigenvalue weighted by Gasteiger charge is -2.27. The van der Waals surface area contributed by atoms with Gasteiger partial charge in [0.2, 0.25) is 0 Å². The molecule has 0 bridgehead atoms. The van der Waals surface area contributed by atoms with Crippen molar-refractivity contribution in [3.05, 3.63) is 70.7 Å². The molecule has 3 heteroatoms. The number of methoxy groups -OCH3 is 1. The second kappa shape index (κ2) is 8.18. The number of halogens is 1. The van der Waals surface area contributed by atoms with Crippen molar-refractivity contribution in [3.8, 4) is 0 Å². The zero-order valence-electron chi connectivity index (χ0n) is 12.6. The molecule has 0 aromatic heterocycles. The van der Waals surface area contributed by atoms with E-state index in [-0.39, 0.29) is 12.1 Å². The average molecular weight is 304 g/mol. The van der Waals surface area contributed by atoms with Crippen LogP contribution in [0.25, 0.3) is 0 Å². The first-order valence-corrected chi connectivity index (χ1v) is 7.68. The molecular weight excluding hydrogens is 282 g/mol. The van der Waals surface area contributed by atoms with Gasteiger partial charge in [0.05, 0.1) is 6.10 Å². The van der Waals surface area contributed by atoms with E-state index >= 15 is 0 Å². The summed E-state index contributed by atoms with van der Waals surface area (Å²) in [6, 6.07) is 18.6. The van der Waals surface area contributed by atoms with Gasteiger partial charge in [0.15, 0.2) is 0 Å². The summed E-state index contributed by atoms with van der Waals surface area (Å²) >= 11 is 5.95. The number of likely N-dealkylation sites (N-methyl/N-ethyl adjacent to an activating group) is 1. The summed E-state index contributed by atoms with van der Waals surface area (Å²) in [4.78, 5) is 0. The van der Waals surface area contributed by atoms with Gasteiger partial charge in [-0.05, 0) is 36.2 Å². The Morgan fingerprint density at radius 3 is 2.29 bits per heavy atom. The fraction of sp³-hybridized carbons (Fsp3) is 0.333. The summed E-state index contributed by atoms with van der Waals surface area (Å²) in [6.07, 6.45) is 0.931. The van der Waals surface area contributed by atoms with Crippen molar-refractivity contribution in [1.29, 1.82) is 0 Å². The molecule has 21 heavy (non-hydrogen) atoms. The largest absolute Gasteiger partial charge is 0.375 e. The van der Waals surface area contributed by atoms with Gasteiger partial charge in [0.25, 0.3) is 0 Å². The van der Waals surface area contributed by atoms with Gasteiger partial charge in [-0.3, -0.25) is 0 Å².